The first-order valence-corrected chi connectivity index (χ1v) is 5.53. The van der Waals surface area contributed by atoms with E-state index in [0.717, 1.165) is 12.8 Å². The van der Waals surface area contributed by atoms with Gasteiger partial charge in [-0.15, -0.1) is 0 Å². The zero-order chi connectivity index (χ0) is 10.6. The Morgan fingerprint density at radius 1 is 1.14 bits per heavy atom. The highest BCUT2D eigenvalue weighted by Gasteiger charge is 1.96. The number of hydrogen-bond donors (Lipinski definition) is 0. The number of ether oxygens (including phenoxy) is 1. The number of methoxy groups -OCH3 is 1. The van der Waals surface area contributed by atoms with Gasteiger partial charge in [0.1, 0.15) is 0 Å². The van der Waals surface area contributed by atoms with Crippen LogP contribution in [0.2, 0.25) is 0 Å². The summed E-state index contributed by atoms with van der Waals surface area (Å²) >= 11 is 0. The molecule has 0 aliphatic rings. The average molecular weight is 198 g/mol. The fourth-order valence-corrected chi connectivity index (χ4v) is 1.21. The summed E-state index contributed by atoms with van der Waals surface area (Å²) in [6, 6.07) is 0. The molecule has 2 nitrogen and oxygen atoms in total. The Labute approximate surface area is 87.3 Å². The first-order valence-electron chi connectivity index (χ1n) is 5.53. The van der Waals surface area contributed by atoms with Crippen LogP contribution in [-0.2, 0) is 9.53 Å². The van der Waals surface area contributed by atoms with Gasteiger partial charge in [-0.1, -0.05) is 31.9 Å². The lowest BCUT2D eigenvalue weighted by Gasteiger charge is -1.96. The van der Waals surface area contributed by atoms with Crippen molar-refractivity contribution in [1.29, 1.82) is 0 Å². The fraction of sp³-hybridized carbons (Fsp3) is 0.750. The van der Waals surface area contributed by atoms with Crippen molar-refractivity contribution in [2.75, 3.05) is 7.11 Å². The highest BCUT2D eigenvalue weighted by Crippen LogP contribution is 2.02. The maximum atomic E-state index is 10.7. The lowest BCUT2D eigenvalue weighted by molar-refractivity contribution is -0.140. The van der Waals surface area contributed by atoms with Crippen LogP contribution in [0.5, 0.6) is 0 Å². The number of carbonyl (C=O) groups is 1. The zero-order valence-electron chi connectivity index (χ0n) is 9.42. The van der Waals surface area contributed by atoms with Crippen molar-refractivity contribution >= 4 is 5.97 Å². The Morgan fingerprint density at radius 2 is 1.79 bits per heavy atom. The molecule has 0 saturated heterocycles. The van der Waals surface area contributed by atoms with Gasteiger partial charge in [0.25, 0.3) is 0 Å². The molecule has 14 heavy (non-hydrogen) atoms. The minimum absolute atomic E-state index is 0.107. The SMILES string of the molecule is CCCCC/C=C\CCCC(=O)OC. The van der Waals surface area contributed by atoms with E-state index in [1.165, 1.54) is 32.8 Å². The standard InChI is InChI=1S/C12H22O2/c1-3-4-5-6-7-8-9-10-11-12(13)14-2/h7-8H,3-6,9-11H2,1-2H3/b8-7-. The lowest BCUT2D eigenvalue weighted by atomic mass is 10.1. The van der Waals surface area contributed by atoms with E-state index < -0.39 is 0 Å². The third-order valence-corrected chi connectivity index (χ3v) is 2.12. The normalized spacial score (nSPS) is 10.7. The van der Waals surface area contributed by atoms with Crippen molar-refractivity contribution in [3.63, 3.8) is 0 Å². The topological polar surface area (TPSA) is 26.3 Å². The van der Waals surface area contributed by atoms with Crippen LogP contribution >= 0.6 is 0 Å². The third-order valence-electron chi connectivity index (χ3n) is 2.12. The summed E-state index contributed by atoms with van der Waals surface area (Å²) in [6.07, 6.45) is 11.8. The molecule has 0 rings (SSSR count). The van der Waals surface area contributed by atoms with E-state index in [1.54, 1.807) is 0 Å². The smallest absolute Gasteiger partial charge is 0.305 e. The van der Waals surface area contributed by atoms with E-state index in [9.17, 15) is 4.79 Å². The highest BCUT2D eigenvalue weighted by atomic mass is 16.5. The monoisotopic (exact) mass is 198 g/mol. The van der Waals surface area contributed by atoms with E-state index in [1.807, 2.05) is 0 Å². The quantitative estimate of drug-likeness (QED) is 0.339. The molecule has 0 atom stereocenters. The van der Waals surface area contributed by atoms with Crippen molar-refractivity contribution < 1.29 is 9.53 Å². The maximum absolute atomic E-state index is 10.7. The summed E-state index contributed by atoms with van der Waals surface area (Å²) in [5.41, 5.74) is 0. The molecule has 0 aromatic carbocycles. The molecular weight excluding hydrogens is 176 g/mol. The van der Waals surface area contributed by atoms with Crippen LogP contribution in [0.3, 0.4) is 0 Å². The lowest BCUT2D eigenvalue weighted by Crippen LogP contribution is -1.98. The average Bonchev–Trinajstić information content (AvgIpc) is 2.21. The second-order valence-electron chi connectivity index (χ2n) is 3.44. The second kappa shape index (κ2) is 10.3. The van der Waals surface area contributed by atoms with Crippen molar-refractivity contribution in [2.24, 2.45) is 0 Å². The second-order valence-corrected chi connectivity index (χ2v) is 3.44. The molecule has 0 heterocycles. The summed E-state index contributed by atoms with van der Waals surface area (Å²) in [5, 5.41) is 0. The summed E-state index contributed by atoms with van der Waals surface area (Å²) in [7, 11) is 1.43. The van der Waals surface area contributed by atoms with Crippen LogP contribution < -0.4 is 0 Å². The van der Waals surface area contributed by atoms with Gasteiger partial charge in [-0.3, -0.25) is 4.79 Å². The number of rotatable bonds is 8. The Morgan fingerprint density at radius 3 is 2.36 bits per heavy atom. The van der Waals surface area contributed by atoms with E-state index in [2.05, 4.69) is 23.8 Å². The van der Waals surface area contributed by atoms with E-state index in [0.29, 0.717) is 6.42 Å². The van der Waals surface area contributed by atoms with Gasteiger partial charge in [0, 0.05) is 6.42 Å². The molecule has 82 valence electrons. The fourth-order valence-electron chi connectivity index (χ4n) is 1.21. The summed E-state index contributed by atoms with van der Waals surface area (Å²) in [5.74, 6) is -0.107. The number of esters is 1. The van der Waals surface area contributed by atoms with Gasteiger partial charge in [0.2, 0.25) is 0 Å². The maximum Gasteiger partial charge on any atom is 0.305 e. The van der Waals surface area contributed by atoms with Gasteiger partial charge in [0.05, 0.1) is 7.11 Å². The Hall–Kier alpha value is -0.790. The highest BCUT2D eigenvalue weighted by molar-refractivity contribution is 5.68. The van der Waals surface area contributed by atoms with Crippen molar-refractivity contribution in [3.8, 4) is 0 Å². The van der Waals surface area contributed by atoms with Gasteiger partial charge in [-0.05, 0) is 25.7 Å². The van der Waals surface area contributed by atoms with E-state index in [4.69, 9.17) is 0 Å². The molecule has 0 saturated carbocycles. The van der Waals surface area contributed by atoms with Crippen LogP contribution in [0.4, 0.5) is 0 Å². The molecule has 0 N–H and O–H groups in total. The molecule has 0 aliphatic carbocycles. The number of hydrogen-bond acceptors (Lipinski definition) is 2. The molecule has 0 fully saturated rings. The molecule has 0 radical (unpaired) electrons. The van der Waals surface area contributed by atoms with Gasteiger partial charge in [0.15, 0.2) is 0 Å². The van der Waals surface area contributed by atoms with E-state index >= 15 is 0 Å². The molecule has 0 unspecified atom stereocenters. The largest absolute Gasteiger partial charge is 0.469 e. The molecule has 0 spiro atoms. The number of allylic oxidation sites excluding steroid dienone is 2. The van der Waals surface area contributed by atoms with Crippen LogP contribution in [0.25, 0.3) is 0 Å². The van der Waals surface area contributed by atoms with Gasteiger partial charge in [-0.25, -0.2) is 0 Å². The Balaban J connectivity index is 3.14. The summed E-state index contributed by atoms with van der Waals surface area (Å²) < 4.78 is 4.55. The van der Waals surface area contributed by atoms with Gasteiger partial charge >= 0.3 is 5.97 Å². The Kier molecular flexibility index (Phi) is 9.71. The third kappa shape index (κ3) is 9.30. The molecule has 0 amide bonds. The molecule has 0 bridgehead atoms. The van der Waals surface area contributed by atoms with Crippen molar-refractivity contribution in [3.05, 3.63) is 12.2 Å². The number of unbranched alkanes of at least 4 members (excludes halogenated alkanes) is 4. The summed E-state index contributed by atoms with van der Waals surface area (Å²) in [6.45, 7) is 2.21. The minimum Gasteiger partial charge on any atom is -0.469 e. The van der Waals surface area contributed by atoms with E-state index in [-0.39, 0.29) is 5.97 Å². The van der Waals surface area contributed by atoms with Gasteiger partial charge < -0.3 is 4.74 Å². The van der Waals surface area contributed by atoms with Crippen LogP contribution in [0, 0.1) is 0 Å². The predicted molar refractivity (Wildman–Crippen MR) is 59.1 cm³/mol. The summed E-state index contributed by atoms with van der Waals surface area (Å²) in [4.78, 5) is 10.7. The van der Waals surface area contributed by atoms with Crippen molar-refractivity contribution in [2.45, 2.75) is 51.9 Å². The van der Waals surface area contributed by atoms with Gasteiger partial charge in [-0.2, -0.15) is 0 Å². The first kappa shape index (κ1) is 13.2. The van der Waals surface area contributed by atoms with Crippen LogP contribution in [0.15, 0.2) is 12.2 Å². The molecule has 0 aromatic rings. The molecule has 0 aromatic heterocycles. The molecule has 2 heteroatoms. The van der Waals surface area contributed by atoms with Crippen LogP contribution in [-0.4, -0.2) is 13.1 Å². The molecular formula is C12H22O2. The minimum atomic E-state index is -0.107. The first-order chi connectivity index (χ1) is 6.81. The Bertz CT molecular complexity index is 162. The van der Waals surface area contributed by atoms with Crippen LogP contribution in [0.1, 0.15) is 51.9 Å². The number of carbonyl (C=O) groups excluding carboxylic acids is 1. The molecule has 0 aliphatic heterocycles. The van der Waals surface area contributed by atoms with Crippen molar-refractivity contribution in [1.82, 2.24) is 0 Å². The predicted octanol–water partition coefficient (Wildman–Crippen LogP) is 3.47. The zero-order valence-corrected chi connectivity index (χ0v) is 9.42.